The van der Waals surface area contributed by atoms with E-state index < -0.39 is 53.0 Å². The molecule has 2 rings (SSSR count). The Morgan fingerprint density at radius 1 is 0.667 bits per heavy atom. The van der Waals surface area contributed by atoms with Gasteiger partial charge in [-0.2, -0.15) is 26.3 Å². The zero-order valence-electron chi connectivity index (χ0n) is 11.5. The van der Waals surface area contributed by atoms with E-state index in [0.29, 0.717) is 24.3 Å². The molecule has 2 aromatic rings. The van der Waals surface area contributed by atoms with Crippen molar-refractivity contribution in [2.24, 2.45) is 0 Å². The van der Waals surface area contributed by atoms with E-state index in [2.05, 4.69) is 0 Å². The lowest BCUT2D eigenvalue weighted by Crippen LogP contribution is -2.49. The number of rotatable bonds is 2. The second-order valence-electron chi connectivity index (χ2n) is 4.81. The lowest BCUT2D eigenvalue weighted by atomic mass is 9.53. The fourth-order valence-corrected chi connectivity index (χ4v) is 2.30. The number of benzene rings is 2. The van der Waals surface area contributed by atoms with Crippen molar-refractivity contribution in [1.82, 2.24) is 0 Å². The topological polar surface area (TPSA) is 20.2 Å². The van der Waals surface area contributed by atoms with Gasteiger partial charge < -0.3 is 5.02 Å². The van der Waals surface area contributed by atoms with Crippen molar-refractivity contribution in [3.63, 3.8) is 0 Å². The van der Waals surface area contributed by atoms with E-state index in [0.717, 1.165) is 12.1 Å². The van der Waals surface area contributed by atoms with E-state index in [1.54, 1.807) is 0 Å². The van der Waals surface area contributed by atoms with Crippen molar-refractivity contribution in [1.29, 1.82) is 0 Å². The Bertz CT molecular complexity index is 690. The van der Waals surface area contributed by atoms with Gasteiger partial charge in [-0.25, -0.2) is 8.78 Å². The Balaban J connectivity index is 2.71. The molecule has 128 valence electrons. The molecule has 0 saturated heterocycles. The van der Waals surface area contributed by atoms with Crippen LogP contribution in [0.4, 0.5) is 35.1 Å². The summed E-state index contributed by atoms with van der Waals surface area (Å²) in [4.78, 5) is 0. The highest BCUT2D eigenvalue weighted by atomic mass is 19.4. The van der Waals surface area contributed by atoms with Gasteiger partial charge in [-0.1, -0.05) is 24.3 Å². The van der Waals surface area contributed by atoms with Crippen molar-refractivity contribution in [3.05, 3.63) is 59.2 Å². The minimum absolute atomic E-state index is 0.454. The molecule has 0 heterocycles. The Kier molecular flexibility index (Phi) is 4.62. The van der Waals surface area contributed by atoms with Crippen LogP contribution in [0.3, 0.4) is 0 Å². The molecule has 0 atom stereocenters. The van der Waals surface area contributed by atoms with Crippen LogP contribution in [0.15, 0.2) is 36.4 Å². The summed E-state index contributed by atoms with van der Waals surface area (Å²) < 4.78 is 105. The number of hydrogen-bond donors (Lipinski definition) is 1. The van der Waals surface area contributed by atoms with E-state index in [-0.39, 0.29) is 0 Å². The summed E-state index contributed by atoms with van der Waals surface area (Å²) in [6.07, 6.45) is -10.5. The predicted octanol–water partition coefficient (Wildman–Crippen LogP) is 3.10. The molecule has 0 aromatic heterocycles. The van der Waals surface area contributed by atoms with Crippen LogP contribution >= 0.6 is 0 Å². The van der Waals surface area contributed by atoms with Gasteiger partial charge in [0.2, 0.25) is 0 Å². The number of hydrogen-bond acceptors (Lipinski definition) is 1. The third-order valence-electron chi connectivity index (χ3n) is 3.25. The van der Waals surface area contributed by atoms with Crippen LogP contribution in [0.2, 0.25) is 0 Å². The molecule has 0 aliphatic heterocycles. The number of halogens is 8. The van der Waals surface area contributed by atoms with Gasteiger partial charge in [0.1, 0.15) is 11.6 Å². The Hall–Kier alpha value is -2.10. The minimum atomic E-state index is -5.26. The first-order chi connectivity index (χ1) is 10.9. The molecule has 0 fully saturated rings. The molecule has 24 heavy (non-hydrogen) atoms. The molecule has 2 aromatic carbocycles. The van der Waals surface area contributed by atoms with E-state index in [9.17, 15) is 40.1 Å². The van der Waals surface area contributed by atoms with Crippen LogP contribution in [0.1, 0.15) is 11.1 Å². The molecule has 0 aliphatic carbocycles. The molecule has 1 nitrogen and oxygen atoms in total. The SMILES string of the molecule is OB(c1cccc(F)c1C(F)(F)F)c1cccc(F)c1C(F)(F)F. The first kappa shape index (κ1) is 18.2. The quantitative estimate of drug-likeness (QED) is 0.649. The maximum atomic E-state index is 13.5. The van der Waals surface area contributed by atoms with Gasteiger partial charge in [0, 0.05) is 0 Å². The third-order valence-corrected chi connectivity index (χ3v) is 3.25. The predicted molar refractivity (Wildman–Crippen MR) is 70.0 cm³/mol. The summed E-state index contributed by atoms with van der Waals surface area (Å²) in [5, 5.41) is 10.00. The zero-order valence-corrected chi connectivity index (χ0v) is 11.5. The maximum absolute atomic E-state index is 13.5. The summed E-state index contributed by atoms with van der Waals surface area (Å²) in [6.45, 7) is -2.52. The van der Waals surface area contributed by atoms with Gasteiger partial charge in [0.25, 0.3) is 0 Å². The van der Waals surface area contributed by atoms with Crippen molar-refractivity contribution in [2.75, 3.05) is 0 Å². The molecule has 0 radical (unpaired) electrons. The molecule has 0 aliphatic rings. The molecular weight excluding hydrogens is 347 g/mol. The smallest absolute Gasteiger partial charge is 0.418 e. The molecular formula is C14H7BF8O. The van der Waals surface area contributed by atoms with Crippen molar-refractivity contribution in [3.8, 4) is 0 Å². The van der Waals surface area contributed by atoms with Crippen LogP contribution in [0.25, 0.3) is 0 Å². The van der Waals surface area contributed by atoms with Gasteiger partial charge in [0.15, 0.2) is 0 Å². The third kappa shape index (κ3) is 3.38. The average molecular weight is 354 g/mol. The summed E-state index contributed by atoms with van der Waals surface area (Å²) in [7, 11) is 0. The van der Waals surface area contributed by atoms with Crippen LogP contribution < -0.4 is 10.9 Å². The summed E-state index contributed by atoms with van der Waals surface area (Å²) in [6, 6.07) is 3.76. The van der Waals surface area contributed by atoms with Crippen molar-refractivity contribution < 1.29 is 40.1 Å². The summed E-state index contributed by atoms with van der Waals surface area (Å²) in [5.74, 6) is -3.52. The average Bonchev–Trinajstić information content (AvgIpc) is 2.43. The zero-order chi connectivity index (χ0) is 18.3. The van der Waals surface area contributed by atoms with Gasteiger partial charge >= 0.3 is 19.3 Å². The molecule has 10 heteroatoms. The van der Waals surface area contributed by atoms with E-state index in [4.69, 9.17) is 0 Å². The minimum Gasteiger partial charge on any atom is -0.443 e. The van der Waals surface area contributed by atoms with Gasteiger partial charge in [-0.15, -0.1) is 0 Å². The van der Waals surface area contributed by atoms with E-state index >= 15 is 0 Å². The molecule has 0 amide bonds. The summed E-state index contributed by atoms with van der Waals surface area (Å²) in [5.41, 5.74) is -6.10. The summed E-state index contributed by atoms with van der Waals surface area (Å²) >= 11 is 0. The molecule has 0 bridgehead atoms. The Morgan fingerprint density at radius 3 is 1.29 bits per heavy atom. The normalized spacial score (nSPS) is 12.4. The fourth-order valence-electron chi connectivity index (χ4n) is 2.30. The van der Waals surface area contributed by atoms with E-state index in [1.165, 1.54) is 0 Å². The molecule has 0 saturated carbocycles. The second-order valence-corrected chi connectivity index (χ2v) is 4.81. The second kappa shape index (κ2) is 6.08. The highest BCUT2D eigenvalue weighted by Crippen LogP contribution is 2.32. The molecule has 0 spiro atoms. The van der Waals surface area contributed by atoms with Gasteiger partial charge in [-0.3, -0.25) is 0 Å². The van der Waals surface area contributed by atoms with Crippen molar-refractivity contribution in [2.45, 2.75) is 12.4 Å². The molecule has 1 N–H and O–H groups in total. The largest absolute Gasteiger partial charge is 0.443 e. The van der Waals surface area contributed by atoms with Crippen LogP contribution in [0, 0.1) is 11.6 Å². The van der Waals surface area contributed by atoms with Gasteiger partial charge in [-0.05, 0) is 23.1 Å². The monoisotopic (exact) mass is 354 g/mol. The first-order valence-corrected chi connectivity index (χ1v) is 6.34. The highest BCUT2D eigenvalue weighted by Gasteiger charge is 2.43. The maximum Gasteiger partial charge on any atom is 0.418 e. The van der Waals surface area contributed by atoms with E-state index in [1.807, 2.05) is 0 Å². The van der Waals surface area contributed by atoms with Crippen LogP contribution in [-0.4, -0.2) is 11.9 Å². The Morgan fingerprint density at radius 2 is 1.00 bits per heavy atom. The van der Waals surface area contributed by atoms with Gasteiger partial charge in [0.05, 0.1) is 11.1 Å². The highest BCUT2D eigenvalue weighted by molar-refractivity contribution is 6.79. The standard InChI is InChI=1S/C14H7BF8O/c16-9-5-1-3-7(11(9)13(18,19)20)15(24)8-4-2-6-10(17)12(8)14(21,22)23/h1-6,24H. The molecule has 0 unspecified atom stereocenters. The lowest BCUT2D eigenvalue weighted by Gasteiger charge is -2.19. The lowest BCUT2D eigenvalue weighted by molar-refractivity contribution is -0.139. The fraction of sp³-hybridized carbons (Fsp3) is 0.143. The Labute approximate surface area is 130 Å². The number of alkyl halides is 6. The van der Waals surface area contributed by atoms with Crippen LogP contribution in [-0.2, 0) is 12.4 Å². The first-order valence-electron chi connectivity index (χ1n) is 6.34. The van der Waals surface area contributed by atoms with Crippen molar-refractivity contribution >= 4 is 17.8 Å². The van der Waals surface area contributed by atoms with Crippen LogP contribution in [0.5, 0.6) is 0 Å².